The molecule has 0 radical (unpaired) electrons. The zero-order valence-corrected chi connectivity index (χ0v) is 11.9. The van der Waals surface area contributed by atoms with Crippen LogP contribution in [-0.2, 0) is 6.54 Å². The smallest absolute Gasteiger partial charge is 0.0560 e. The van der Waals surface area contributed by atoms with Gasteiger partial charge in [0.1, 0.15) is 0 Å². The molecule has 2 heterocycles. The van der Waals surface area contributed by atoms with Crippen molar-refractivity contribution >= 4 is 11.8 Å². The van der Waals surface area contributed by atoms with Crippen molar-refractivity contribution in [1.29, 1.82) is 0 Å². The Bertz CT molecular complexity index is 524. The van der Waals surface area contributed by atoms with Crippen LogP contribution in [0.1, 0.15) is 24.9 Å². The molecule has 0 saturated heterocycles. The Hall–Kier alpha value is -1.26. The number of nitrogens with one attached hydrogen (secondary N) is 1. The third kappa shape index (κ3) is 3.01. The lowest BCUT2D eigenvalue weighted by atomic mass is 10.0. The highest BCUT2D eigenvalue weighted by Gasteiger charge is 2.21. The average Bonchev–Trinajstić information content (AvgIpc) is 2.92. The van der Waals surface area contributed by atoms with Crippen LogP contribution in [-0.4, -0.2) is 21.6 Å². The minimum atomic E-state index is 0.418. The fraction of sp³-hybridized carbons (Fsp3) is 0.400. The molecule has 0 aliphatic carbocycles. The van der Waals surface area contributed by atoms with Crippen LogP contribution in [0, 0.1) is 0 Å². The van der Waals surface area contributed by atoms with Crippen LogP contribution in [0.4, 0.5) is 0 Å². The predicted molar refractivity (Wildman–Crippen MR) is 79.3 cm³/mol. The summed E-state index contributed by atoms with van der Waals surface area (Å²) in [6, 6.07) is 11.6. The molecular formula is C15H19N3S. The molecule has 2 aromatic rings. The van der Waals surface area contributed by atoms with E-state index < -0.39 is 0 Å². The van der Waals surface area contributed by atoms with Gasteiger partial charge in [-0.25, -0.2) is 0 Å². The van der Waals surface area contributed by atoms with Gasteiger partial charge in [0.05, 0.1) is 6.54 Å². The molecule has 4 heteroatoms. The molecule has 1 aromatic heterocycles. The number of aromatic nitrogens is 2. The Morgan fingerprint density at radius 2 is 2.32 bits per heavy atom. The van der Waals surface area contributed by atoms with E-state index in [1.54, 1.807) is 0 Å². The van der Waals surface area contributed by atoms with E-state index in [2.05, 4.69) is 41.6 Å². The van der Waals surface area contributed by atoms with Gasteiger partial charge in [-0.2, -0.15) is 5.10 Å². The lowest BCUT2D eigenvalue weighted by Crippen LogP contribution is -2.35. The molecule has 1 aromatic carbocycles. The number of benzene rings is 1. The van der Waals surface area contributed by atoms with Gasteiger partial charge in [-0.15, -0.1) is 11.8 Å². The number of rotatable bonds is 4. The van der Waals surface area contributed by atoms with E-state index in [1.165, 1.54) is 22.6 Å². The number of fused-ring (bicyclic) bond motifs is 1. The Kier molecular flexibility index (Phi) is 3.89. The largest absolute Gasteiger partial charge is 0.306 e. The predicted octanol–water partition coefficient (Wildman–Crippen LogP) is 3.10. The van der Waals surface area contributed by atoms with E-state index >= 15 is 0 Å². The molecule has 3 rings (SSSR count). The summed E-state index contributed by atoms with van der Waals surface area (Å²) in [6.45, 7) is 3.14. The lowest BCUT2D eigenvalue weighted by molar-refractivity contribution is 0.389. The first-order valence-corrected chi connectivity index (χ1v) is 7.76. The topological polar surface area (TPSA) is 29.9 Å². The zero-order chi connectivity index (χ0) is 13.1. The highest BCUT2D eigenvalue weighted by atomic mass is 32.2. The summed E-state index contributed by atoms with van der Waals surface area (Å²) in [7, 11) is 0. The summed E-state index contributed by atoms with van der Waals surface area (Å²) in [4.78, 5) is 1.43. The normalized spacial score (nSPS) is 19.9. The maximum absolute atomic E-state index is 4.27. The second kappa shape index (κ2) is 5.80. The van der Waals surface area contributed by atoms with Gasteiger partial charge in [0.15, 0.2) is 0 Å². The molecule has 3 nitrogen and oxygen atoms in total. The van der Waals surface area contributed by atoms with Crippen LogP contribution >= 0.6 is 11.8 Å². The van der Waals surface area contributed by atoms with Crippen molar-refractivity contribution < 1.29 is 0 Å². The summed E-state index contributed by atoms with van der Waals surface area (Å²) in [5, 5.41) is 8.01. The molecule has 2 atom stereocenters. The monoisotopic (exact) mass is 273 g/mol. The highest BCUT2D eigenvalue weighted by molar-refractivity contribution is 7.99. The Morgan fingerprint density at radius 1 is 1.42 bits per heavy atom. The third-order valence-corrected chi connectivity index (χ3v) is 4.59. The molecule has 1 aliphatic heterocycles. The lowest BCUT2D eigenvalue weighted by Gasteiger charge is -2.28. The fourth-order valence-electron chi connectivity index (χ4n) is 2.60. The van der Waals surface area contributed by atoms with Gasteiger partial charge in [-0.3, -0.25) is 4.68 Å². The zero-order valence-electron chi connectivity index (χ0n) is 11.1. The van der Waals surface area contributed by atoms with Crippen molar-refractivity contribution in [1.82, 2.24) is 15.1 Å². The quantitative estimate of drug-likeness (QED) is 0.928. The van der Waals surface area contributed by atoms with E-state index in [1.807, 2.05) is 34.9 Å². The molecule has 0 amide bonds. The summed E-state index contributed by atoms with van der Waals surface area (Å²) < 4.78 is 1.99. The van der Waals surface area contributed by atoms with E-state index in [-0.39, 0.29) is 0 Å². The SMILES string of the molecule is CC(Cn1cccn1)NC1CCSc2ccccc21. The van der Waals surface area contributed by atoms with Crippen molar-refractivity contribution in [3.05, 3.63) is 48.3 Å². The molecule has 0 fully saturated rings. The first-order valence-electron chi connectivity index (χ1n) is 6.78. The van der Waals surface area contributed by atoms with Crippen molar-refractivity contribution in [3.8, 4) is 0 Å². The molecule has 1 aliphatic rings. The molecule has 0 bridgehead atoms. The molecule has 2 unspecified atom stereocenters. The second-order valence-corrected chi connectivity index (χ2v) is 6.16. The van der Waals surface area contributed by atoms with Crippen LogP contribution < -0.4 is 5.32 Å². The number of hydrogen-bond donors (Lipinski definition) is 1. The summed E-state index contributed by atoms with van der Waals surface area (Å²) in [5.41, 5.74) is 1.45. The first-order chi connectivity index (χ1) is 9.33. The Morgan fingerprint density at radius 3 is 3.16 bits per heavy atom. The fourth-order valence-corrected chi connectivity index (χ4v) is 3.73. The maximum Gasteiger partial charge on any atom is 0.0560 e. The van der Waals surface area contributed by atoms with Gasteiger partial charge in [0.2, 0.25) is 0 Å². The van der Waals surface area contributed by atoms with E-state index in [0.29, 0.717) is 12.1 Å². The molecule has 19 heavy (non-hydrogen) atoms. The summed E-state index contributed by atoms with van der Waals surface area (Å²) >= 11 is 1.97. The van der Waals surface area contributed by atoms with Crippen LogP contribution in [0.3, 0.4) is 0 Å². The third-order valence-electron chi connectivity index (χ3n) is 3.46. The summed E-state index contributed by atoms with van der Waals surface area (Å²) in [6.07, 6.45) is 5.05. The maximum atomic E-state index is 4.27. The van der Waals surface area contributed by atoms with Gasteiger partial charge in [0, 0.05) is 29.4 Å². The van der Waals surface area contributed by atoms with Gasteiger partial charge < -0.3 is 5.32 Å². The number of nitrogens with zero attached hydrogens (tertiary/aromatic N) is 2. The van der Waals surface area contributed by atoms with Crippen LogP contribution in [0.15, 0.2) is 47.6 Å². The van der Waals surface area contributed by atoms with Crippen LogP contribution in [0.25, 0.3) is 0 Å². The van der Waals surface area contributed by atoms with Gasteiger partial charge in [0.25, 0.3) is 0 Å². The highest BCUT2D eigenvalue weighted by Crippen LogP contribution is 2.35. The summed E-state index contributed by atoms with van der Waals surface area (Å²) in [5.74, 6) is 1.20. The molecular weight excluding hydrogens is 254 g/mol. The standard InChI is InChI=1S/C15H19N3S/c1-12(11-18-9-4-8-16-18)17-14-7-10-19-15-6-3-2-5-13(14)15/h2-6,8-9,12,14,17H,7,10-11H2,1H3. The van der Waals surface area contributed by atoms with Gasteiger partial charge in [-0.1, -0.05) is 18.2 Å². The average molecular weight is 273 g/mol. The molecule has 1 N–H and O–H groups in total. The van der Waals surface area contributed by atoms with Gasteiger partial charge in [-0.05, 0) is 36.8 Å². The van der Waals surface area contributed by atoms with E-state index in [0.717, 1.165) is 6.54 Å². The molecule has 0 saturated carbocycles. The second-order valence-electron chi connectivity index (χ2n) is 5.02. The minimum Gasteiger partial charge on any atom is -0.306 e. The van der Waals surface area contributed by atoms with Crippen molar-refractivity contribution in [3.63, 3.8) is 0 Å². The number of thioether (sulfide) groups is 1. The van der Waals surface area contributed by atoms with Gasteiger partial charge >= 0.3 is 0 Å². The van der Waals surface area contributed by atoms with E-state index in [4.69, 9.17) is 0 Å². The Balaban J connectivity index is 1.67. The molecule has 0 spiro atoms. The van der Waals surface area contributed by atoms with E-state index in [9.17, 15) is 0 Å². The number of hydrogen-bond acceptors (Lipinski definition) is 3. The van der Waals surface area contributed by atoms with Crippen molar-refractivity contribution in [2.75, 3.05) is 5.75 Å². The van der Waals surface area contributed by atoms with Crippen LogP contribution in [0.5, 0.6) is 0 Å². The molecule has 100 valence electrons. The minimum absolute atomic E-state index is 0.418. The van der Waals surface area contributed by atoms with Crippen molar-refractivity contribution in [2.24, 2.45) is 0 Å². The Labute approximate surface area is 118 Å². The van der Waals surface area contributed by atoms with Crippen LogP contribution in [0.2, 0.25) is 0 Å². The first kappa shape index (κ1) is 12.8. The van der Waals surface area contributed by atoms with Crippen molar-refractivity contribution in [2.45, 2.75) is 36.9 Å².